The van der Waals surface area contributed by atoms with Crippen molar-refractivity contribution in [3.63, 3.8) is 0 Å². The Labute approximate surface area is 103 Å². The highest BCUT2D eigenvalue weighted by molar-refractivity contribution is 5.33. The fourth-order valence-corrected chi connectivity index (χ4v) is 2.19. The van der Waals surface area contributed by atoms with Crippen LogP contribution in [0.2, 0.25) is 0 Å². The van der Waals surface area contributed by atoms with Crippen molar-refractivity contribution in [3.8, 4) is 0 Å². The number of hydrogen-bond donors (Lipinski definition) is 0. The lowest BCUT2D eigenvalue weighted by Gasteiger charge is -2.23. The van der Waals surface area contributed by atoms with Gasteiger partial charge in [0.2, 0.25) is 0 Å². The summed E-state index contributed by atoms with van der Waals surface area (Å²) in [5, 5.41) is 0. The van der Waals surface area contributed by atoms with E-state index in [4.69, 9.17) is 4.74 Å². The van der Waals surface area contributed by atoms with Crippen LogP contribution in [0.1, 0.15) is 24.0 Å². The number of ether oxygens (including phenoxy) is 1. The summed E-state index contributed by atoms with van der Waals surface area (Å²) in [6.45, 7) is 2.12. The molecule has 2 rings (SSSR count). The highest BCUT2D eigenvalue weighted by Crippen LogP contribution is 2.29. The first-order chi connectivity index (χ1) is 8.33. The molecule has 1 atom stereocenters. The summed E-state index contributed by atoms with van der Waals surface area (Å²) in [4.78, 5) is 0. The van der Waals surface area contributed by atoms with Crippen LogP contribution in [0.3, 0.4) is 0 Å². The van der Waals surface area contributed by atoms with E-state index >= 15 is 0 Å². The van der Waals surface area contributed by atoms with E-state index in [1.807, 2.05) is 12.1 Å². The van der Waals surface area contributed by atoms with E-state index in [1.54, 1.807) is 7.11 Å². The first kappa shape index (κ1) is 11.9. The maximum Gasteiger partial charge on any atom is 0.0652 e. The number of benzene rings is 2. The largest absolute Gasteiger partial charge is 0.381 e. The van der Waals surface area contributed by atoms with Crippen LogP contribution in [-0.2, 0) is 4.74 Å². The van der Waals surface area contributed by atoms with Gasteiger partial charge in [0.25, 0.3) is 0 Å². The third-order valence-electron chi connectivity index (χ3n) is 3.16. The standard InChI is InChI=1S/C16H18O/c1-13(17-2)16(14-9-5-3-6-10-14)15-11-7-4-8-12-15/h3-13,16H,1-2H3/t13-/m0/s1. The van der Waals surface area contributed by atoms with Gasteiger partial charge in [-0.05, 0) is 18.1 Å². The molecule has 0 bridgehead atoms. The molecule has 0 aliphatic rings. The van der Waals surface area contributed by atoms with Gasteiger partial charge in [-0.3, -0.25) is 0 Å². The third kappa shape index (κ3) is 2.75. The molecule has 0 aliphatic carbocycles. The topological polar surface area (TPSA) is 9.23 Å². The molecule has 0 radical (unpaired) electrons. The smallest absolute Gasteiger partial charge is 0.0652 e. The minimum Gasteiger partial charge on any atom is -0.381 e. The van der Waals surface area contributed by atoms with Crippen LogP contribution in [0.25, 0.3) is 0 Å². The molecule has 2 aromatic carbocycles. The number of methoxy groups -OCH3 is 1. The van der Waals surface area contributed by atoms with E-state index in [0.29, 0.717) is 5.92 Å². The van der Waals surface area contributed by atoms with Crippen LogP contribution in [0.5, 0.6) is 0 Å². The average Bonchev–Trinajstić information content (AvgIpc) is 2.41. The first-order valence-corrected chi connectivity index (χ1v) is 5.95. The van der Waals surface area contributed by atoms with Crippen molar-refractivity contribution in [3.05, 3.63) is 71.8 Å². The number of rotatable bonds is 4. The van der Waals surface area contributed by atoms with Gasteiger partial charge in [0, 0.05) is 13.0 Å². The molecule has 17 heavy (non-hydrogen) atoms. The average molecular weight is 226 g/mol. The Morgan fingerprint density at radius 2 is 1.18 bits per heavy atom. The fourth-order valence-electron chi connectivity index (χ4n) is 2.19. The van der Waals surface area contributed by atoms with Gasteiger partial charge in [-0.1, -0.05) is 60.7 Å². The SMILES string of the molecule is CO[C@@H](C)C(c1ccccc1)c1ccccc1. The molecule has 0 saturated heterocycles. The van der Waals surface area contributed by atoms with Crippen molar-refractivity contribution >= 4 is 0 Å². The van der Waals surface area contributed by atoms with Gasteiger partial charge in [-0.15, -0.1) is 0 Å². The van der Waals surface area contributed by atoms with E-state index in [0.717, 1.165) is 0 Å². The lowest BCUT2D eigenvalue weighted by atomic mass is 9.87. The van der Waals surface area contributed by atoms with E-state index in [-0.39, 0.29) is 6.10 Å². The molecule has 0 unspecified atom stereocenters. The molecule has 0 amide bonds. The van der Waals surface area contributed by atoms with Gasteiger partial charge in [0.05, 0.1) is 6.10 Å². The van der Waals surface area contributed by atoms with Crippen molar-refractivity contribution in [2.45, 2.75) is 18.9 Å². The van der Waals surface area contributed by atoms with Crippen LogP contribution in [0.15, 0.2) is 60.7 Å². The molecule has 88 valence electrons. The van der Waals surface area contributed by atoms with E-state index in [9.17, 15) is 0 Å². The lowest BCUT2D eigenvalue weighted by Crippen LogP contribution is -2.18. The highest BCUT2D eigenvalue weighted by atomic mass is 16.5. The summed E-state index contributed by atoms with van der Waals surface area (Å²) in [5.74, 6) is 0.294. The highest BCUT2D eigenvalue weighted by Gasteiger charge is 2.20. The van der Waals surface area contributed by atoms with Crippen LogP contribution >= 0.6 is 0 Å². The Hall–Kier alpha value is -1.60. The summed E-state index contributed by atoms with van der Waals surface area (Å²) in [7, 11) is 1.77. The molecule has 0 aliphatic heterocycles. The molecule has 0 fully saturated rings. The van der Waals surface area contributed by atoms with Crippen LogP contribution < -0.4 is 0 Å². The summed E-state index contributed by atoms with van der Waals surface area (Å²) in [5.41, 5.74) is 2.60. The predicted molar refractivity (Wildman–Crippen MR) is 71.2 cm³/mol. The minimum absolute atomic E-state index is 0.166. The quantitative estimate of drug-likeness (QED) is 0.769. The molecular formula is C16H18O. The van der Waals surface area contributed by atoms with Gasteiger partial charge in [0.15, 0.2) is 0 Å². The fraction of sp³-hybridized carbons (Fsp3) is 0.250. The Bertz CT molecular complexity index is 396. The molecule has 0 N–H and O–H groups in total. The Morgan fingerprint density at radius 3 is 1.53 bits per heavy atom. The zero-order valence-corrected chi connectivity index (χ0v) is 10.3. The zero-order chi connectivity index (χ0) is 12.1. The minimum atomic E-state index is 0.166. The molecular weight excluding hydrogens is 208 g/mol. The van der Waals surface area contributed by atoms with Crippen molar-refractivity contribution in [1.29, 1.82) is 0 Å². The number of hydrogen-bond acceptors (Lipinski definition) is 1. The second-order valence-corrected chi connectivity index (χ2v) is 4.24. The molecule has 0 saturated carbocycles. The first-order valence-electron chi connectivity index (χ1n) is 5.95. The van der Waals surface area contributed by atoms with E-state index in [1.165, 1.54) is 11.1 Å². The second kappa shape index (κ2) is 5.65. The normalized spacial score (nSPS) is 12.6. The van der Waals surface area contributed by atoms with E-state index in [2.05, 4.69) is 55.5 Å². The molecule has 2 aromatic rings. The van der Waals surface area contributed by atoms with Crippen molar-refractivity contribution < 1.29 is 4.74 Å². The van der Waals surface area contributed by atoms with Crippen molar-refractivity contribution in [1.82, 2.24) is 0 Å². The van der Waals surface area contributed by atoms with Crippen LogP contribution in [0, 0.1) is 0 Å². The third-order valence-corrected chi connectivity index (χ3v) is 3.16. The summed E-state index contributed by atoms with van der Waals surface area (Å²) < 4.78 is 5.52. The predicted octanol–water partition coefficient (Wildman–Crippen LogP) is 3.85. The zero-order valence-electron chi connectivity index (χ0n) is 10.3. The molecule has 0 heterocycles. The molecule has 0 aromatic heterocycles. The summed E-state index contributed by atoms with van der Waals surface area (Å²) in [6, 6.07) is 21.0. The second-order valence-electron chi connectivity index (χ2n) is 4.24. The van der Waals surface area contributed by atoms with E-state index < -0.39 is 0 Å². The van der Waals surface area contributed by atoms with Crippen molar-refractivity contribution in [2.75, 3.05) is 7.11 Å². The lowest BCUT2D eigenvalue weighted by molar-refractivity contribution is 0.104. The van der Waals surface area contributed by atoms with Gasteiger partial charge < -0.3 is 4.74 Å². The van der Waals surface area contributed by atoms with Crippen LogP contribution in [-0.4, -0.2) is 13.2 Å². The van der Waals surface area contributed by atoms with Crippen molar-refractivity contribution in [2.24, 2.45) is 0 Å². The Balaban J connectivity index is 2.39. The molecule has 1 nitrogen and oxygen atoms in total. The maximum absolute atomic E-state index is 5.52. The Morgan fingerprint density at radius 1 is 0.765 bits per heavy atom. The van der Waals surface area contributed by atoms with Gasteiger partial charge in [-0.2, -0.15) is 0 Å². The molecule has 1 heteroatoms. The summed E-state index contributed by atoms with van der Waals surface area (Å²) in [6.07, 6.45) is 0.166. The monoisotopic (exact) mass is 226 g/mol. The van der Waals surface area contributed by atoms with Gasteiger partial charge in [0.1, 0.15) is 0 Å². The Kier molecular flexibility index (Phi) is 3.94. The van der Waals surface area contributed by atoms with Gasteiger partial charge in [-0.25, -0.2) is 0 Å². The maximum atomic E-state index is 5.52. The van der Waals surface area contributed by atoms with Gasteiger partial charge >= 0.3 is 0 Å². The molecule has 0 spiro atoms. The van der Waals surface area contributed by atoms with Crippen LogP contribution in [0.4, 0.5) is 0 Å². The summed E-state index contributed by atoms with van der Waals surface area (Å²) >= 11 is 0.